The van der Waals surface area contributed by atoms with Crippen molar-refractivity contribution in [2.24, 2.45) is 0 Å². The molecule has 0 aliphatic carbocycles. The summed E-state index contributed by atoms with van der Waals surface area (Å²) in [6.07, 6.45) is 3.27. The Bertz CT molecular complexity index is 1510. The van der Waals surface area contributed by atoms with Crippen LogP contribution in [0, 0.1) is 0 Å². The van der Waals surface area contributed by atoms with E-state index in [0.717, 1.165) is 27.6 Å². The molecule has 4 rings (SSSR count). The van der Waals surface area contributed by atoms with Gasteiger partial charge in [-0.2, -0.15) is 0 Å². The zero-order valence-electron chi connectivity index (χ0n) is 24.8. The van der Waals surface area contributed by atoms with E-state index in [1.165, 1.54) is 0 Å². The number of amides is 2. The molecule has 0 bridgehead atoms. The summed E-state index contributed by atoms with van der Waals surface area (Å²) in [6, 6.07) is 21.2. The number of nitrogens with zero attached hydrogens (tertiary/aromatic N) is 2. The largest absolute Gasteiger partial charge is 0.385 e. The van der Waals surface area contributed by atoms with Crippen molar-refractivity contribution in [3.05, 3.63) is 105 Å². The van der Waals surface area contributed by atoms with Gasteiger partial charge in [-0.15, -0.1) is 0 Å². The lowest BCUT2D eigenvalue weighted by atomic mass is 9.86. The molecule has 0 saturated carbocycles. The summed E-state index contributed by atoms with van der Waals surface area (Å²) in [6.45, 7) is 8.09. The molecule has 0 radical (unpaired) electrons. The highest BCUT2D eigenvalue weighted by Gasteiger charge is 2.24. The molecule has 1 heterocycles. The summed E-state index contributed by atoms with van der Waals surface area (Å²) in [5.41, 5.74) is 4.73. The van der Waals surface area contributed by atoms with Gasteiger partial charge in [0.25, 0.3) is 5.91 Å². The fourth-order valence-electron chi connectivity index (χ4n) is 4.95. The maximum absolute atomic E-state index is 13.9. The summed E-state index contributed by atoms with van der Waals surface area (Å²) in [4.78, 5) is 34.3. The molecule has 6 nitrogen and oxygen atoms in total. The molecule has 4 aromatic rings. The van der Waals surface area contributed by atoms with Crippen LogP contribution in [0.25, 0.3) is 10.9 Å². The highest BCUT2D eigenvalue weighted by atomic mass is 35.5. The molecule has 2 amide bonds. The van der Waals surface area contributed by atoms with Crippen molar-refractivity contribution in [3.63, 3.8) is 0 Å². The number of methoxy groups -OCH3 is 1. The van der Waals surface area contributed by atoms with Crippen LogP contribution < -0.4 is 0 Å². The molecule has 42 heavy (non-hydrogen) atoms. The SMILES string of the molecule is COCCCN(CC(=O)N(CCc1c[nH]c2ccccc12)Cc1ccc(Cl)c(Cl)c1)C(=O)c1ccc(C(C)(C)C)cc1. The third-order valence-electron chi connectivity index (χ3n) is 7.42. The van der Waals surface area contributed by atoms with E-state index >= 15 is 0 Å². The number of para-hydroxylation sites is 1. The van der Waals surface area contributed by atoms with Gasteiger partial charge in [-0.05, 0) is 65.3 Å². The van der Waals surface area contributed by atoms with Gasteiger partial charge in [0, 0.05) is 56.0 Å². The lowest BCUT2D eigenvalue weighted by molar-refractivity contribution is -0.132. The average Bonchev–Trinajstić information content (AvgIpc) is 3.39. The number of fused-ring (bicyclic) bond motifs is 1. The monoisotopic (exact) mass is 607 g/mol. The van der Waals surface area contributed by atoms with Gasteiger partial charge in [0.1, 0.15) is 6.54 Å². The molecule has 0 fully saturated rings. The van der Waals surface area contributed by atoms with E-state index < -0.39 is 0 Å². The second-order valence-electron chi connectivity index (χ2n) is 11.6. The molecule has 1 aromatic heterocycles. The molecular formula is C34H39Cl2N3O3. The number of benzene rings is 3. The minimum Gasteiger partial charge on any atom is -0.385 e. The molecule has 0 saturated heterocycles. The van der Waals surface area contributed by atoms with Crippen LogP contribution in [-0.4, -0.2) is 59.9 Å². The van der Waals surface area contributed by atoms with Gasteiger partial charge in [0.15, 0.2) is 0 Å². The molecule has 0 aliphatic heterocycles. The predicted octanol–water partition coefficient (Wildman–Crippen LogP) is 7.52. The van der Waals surface area contributed by atoms with Crippen molar-refractivity contribution in [1.82, 2.24) is 14.8 Å². The number of aromatic amines is 1. The fraction of sp³-hybridized carbons (Fsp3) is 0.353. The third kappa shape index (κ3) is 8.15. The molecular weight excluding hydrogens is 569 g/mol. The van der Waals surface area contributed by atoms with E-state index in [1.807, 2.05) is 54.7 Å². The van der Waals surface area contributed by atoms with Crippen molar-refractivity contribution in [2.75, 3.05) is 33.4 Å². The summed E-state index contributed by atoms with van der Waals surface area (Å²) in [5, 5.41) is 2.03. The number of carbonyl (C=O) groups is 2. The fourth-order valence-corrected chi connectivity index (χ4v) is 5.28. The molecule has 3 aromatic carbocycles. The highest BCUT2D eigenvalue weighted by Crippen LogP contribution is 2.25. The number of rotatable bonds is 12. The van der Waals surface area contributed by atoms with E-state index in [0.29, 0.717) is 54.7 Å². The Labute approximate surface area is 258 Å². The lowest BCUT2D eigenvalue weighted by Gasteiger charge is -2.28. The van der Waals surface area contributed by atoms with E-state index in [9.17, 15) is 9.59 Å². The summed E-state index contributed by atoms with van der Waals surface area (Å²) in [5.74, 6) is -0.316. The van der Waals surface area contributed by atoms with Crippen LogP contribution in [0.15, 0.2) is 72.9 Å². The second-order valence-corrected chi connectivity index (χ2v) is 12.4. The van der Waals surface area contributed by atoms with Crippen LogP contribution in [0.3, 0.4) is 0 Å². The van der Waals surface area contributed by atoms with Crippen molar-refractivity contribution in [1.29, 1.82) is 0 Å². The minimum atomic E-state index is -0.175. The summed E-state index contributed by atoms with van der Waals surface area (Å²) >= 11 is 12.5. The summed E-state index contributed by atoms with van der Waals surface area (Å²) < 4.78 is 5.24. The average molecular weight is 609 g/mol. The number of ether oxygens (including phenoxy) is 1. The van der Waals surface area contributed by atoms with Gasteiger partial charge in [-0.1, -0.05) is 80.4 Å². The topological polar surface area (TPSA) is 65.6 Å². The smallest absolute Gasteiger partial charge is 0.254 e. The zero-order chi connectivity index (χ0) is 30.3. The molecule has 8 heteroatoms. The number of hydrogen-bond acceptors (Lipinski definition) is 3. The Hall–Kier alpha value is -3.32. The van der Waals surface area contributed by atoms with Gasteiger partial charge in [0.05, 0.1) is 10.0 Å². The zero-order valence-corrected chi connectivity index (χ0v) is 26.3. The number of nitrogens with one attached hydrogen (secondary N) is 1. The van der Waals surface area contributed by atoms with E-state index in [1.54, 1.807) is 29.0 Å². The standard InChI is InChI=1S/C34H39Cl2N3O3/c1-34(2,3)27-13-11-25(12-14-27)33(41)39(17-7-19-42-4)23-32(40)38(22-24-10-15-29(35)30(36)20-24)18-16-26-21-37-31-9-6-5-8-28(26)31/h5-6,8-15,20-21,37H,7,16-19,22-23H2,1-4H3. The van der Waals surface area contributed by atoms with Crippen molar-refractivity contribution >= 4 is 45.9 Å². The van der Waals surface area contributed by atoms with Crippen molar-refractivity contribution < 1.29 is 14.3 Å². The van der Waals surface area contributed by atoms with Crippen LogP contribution in [0.1, 0.15) is 54.2 Å². The van der Waals surface area contributed by atoms with Gasteiger partial charge in [-0.25, -0.2) is 0 Å². The molecule has 1 N–H and O–H groups in total. The number of hydrogen-bond donors (Lipinski definition) is 1. The van der Waals surface area contributed by atoms with Crippen LogP contribution in [0.4, 0.5) is 0 Å². The predicted molar refractivity (Wildman–Crippen MR) is 171 cm³/mol. The third-order valence-corrected chi connectivity index (χ3v) is 8.16. The Morgan fingerprint density at radius 3 is 2.33 bits per heavy atom. The maximum atomic E-state index is 13.9. The Morgan fingerprint density at radius 2 is 1.64 bits per heavy atom. The van der Waals surface area contributed by atoms with Crippen LogP contribution in [-0.2, 0) is 27.9 Å². The molecule has 0 atom stereocenters. The van der Waals surface area contributed by atoms with Crippen molar-refractivity contribution in [3.8, 4) is 0 Å². The van der Waals surface area contributed by atoms with E-state index in [2.05, 4.69) is 31.8 Å². The first-order valence-electron chi connectivity index (χ1n) is 14.2. The van der Waals surface area contributed by atoms with Gasteiger partial charge >= 0.3 is 0 Å². The quantitative estimate of drug-likeness (QED) is 0.169. The van der Waals surface area contributed by atoms with Gasteiger partial charge in [0.2, 0.25) is 5.91 Å². The normalized spacial score (nSPS) is 11.6. The molecule has 222 valence electrons. The van der Waals surface area contributed by atoms with Crippen LogP contribution in [0.2, 0.25) is 10.0 Å². The Kier molecular flexibility index (Phi) is 10.7. The second kappa shape index (κ2) is 14.2. The Morgan fingerprint density at radius 1 is 0.905 bits per heavy atom. The number of aromatic nitrogens is 1. The molecule has 0 spiro atoms. The molecule has 0 aliphatic rings. The summed E-state index contributed by atoms with van der Waals surface area (Å²) in [7, 11) is 1.63. The van der Waals surface area contributed by atoms with Crippen LogP contribution in [0.5, 0.6) is 0 Å². The number of halogens is 2. The van der Waals surface area contributed by atoms with E-state index in [4.69, 9.17) is 27.9 Å². The molecule has 0 unspecified atom stereocenters. The maximum Gasteiger partial charge on any atom is 0.254 e. The van der Waals surface area contributed by atoms with Gasteiger partial charge < -0.3 is 19.5 Å². The Balaban J connectivity index is 1.56. The van der Waals surface area contributed by atoms with Gasteiger partial charge in [-0.3, -0.25) is 9.59 Å². The highest BCUT2D eigenvalue weighted by molar-refractivity contribution is 6.42. The van der Waals surface area contributed by atoms with Crippen molar-refractivity contribution in [2.45, 2.75) is 45.6 Å². The first-order chi connectivity index (χ1) is 20.1. The first kappa shape index (κ1) is 31.6. The number of carbonyl (C=O) groups excluding carboxylic acids is 2. The lowest BCUT2D eigenvalue weighted by Crippen LogP contribution is -2.44. The number of H-pyrrole nitrogens is 1. The van der Waals surface area contributed by atoms with Crippen LogP contribution >= 0.6 is 23.2 Å². The first-order valence-corrected chi connectivity index (χ1v) is 15.0. The van der Waals surface area contributed by atoms with E-state index in [-0.39, 0.29) is 23.8 Å². The minimum absolute atomic E-state index is 0.0223.